The molecule has 6 nitrogen and oxygen atoms in total. The second-order valence-electron chi connectivity index (χ2n) is 8.58. The Morgan fingerprint density at radius 3 is 2.77 bits per heavy atom. The van der Waals surface area contributed by atoms with Crippen molar-refractivity contribution >= 4 is 52.2 Å². The summed E-state index contributed by atoms with van der Waals surface area (Å²) in [6.45, 7) is 6.64. The van der Waals surface area contributed by atoms with Gasteiger partial charge in [-0.1, -0.05) is 26.0 Å². The lowest BCUT2D eigenvalue weighted by atomic mass is 9.86. The number of aromatic hydroxyl groups is 1. The number of carbonyl (C=O) groups is 1. The molecule has 0 amide bonds. The molecule has 0 aliphatic carbocycles. The minimum Gasteiger partial charge on any atom is -0.507 e. The van der Waals surface area contributed by atoms with Gasteiger partial charge in [0.2, 0.25) is 0 Å². The van der Waals surface area contributed by atoms with E-state index in [1.54, 1.807) is 36.5 Å². The minimum absolute atomic E-state index is 0.142. The number of para-hydroxylation sites is 1. The molecule has 2 heterocycles. The van der Waals surface area contributed by atoms with Crippen molar-refractivity contribution in [1.82, 2.24) is 5.32 Å². The summed E-state index contributed by atoms with van der Waals surface area (Å²) in [5.41, 5.74) is -0.474. The van der Waals surface area contributed by atoms with Crippen LogP contribution in [0.2, 0.25) is 0 Å². The fourth-order valence-electron chi connectivity index (χ4n) is 3.48. The molecule has 9 heteroatoms. The first kappa shape index (κ1) is 23.5. The summed E-state index contributed by atoms with van der Waals surface area (Å²) in [7, 11) is 0. The van der Waals surface area contributed by atoms with Crippen molar-refractivity contribution < 1.29 is 15.0 Å². The highest BCUT2D eigenvalue weighted by molar-refractivity contribution is 8.14. The third kappa shape index (κ3) is 5.36. The topological polar surface area (TPSA) is 94.3 Å². The molecular formula is C21H29N3O3S3. The molecule has 1 aromatic carbocycles. The maximum absolute atomic E-state index is 11.5. The van der Waals surface area contributed by atoms with Crippen molar-refractivity contribution in [3.05, 3.63) is 29.8 Å². The molecule has 30 heavy (non-hydrogen) atoms. The number of carboxylic acid groups (broad SMARTS) is 1. The quantitative estimate of drug-likeness (QED) is 0.415. The number of phenolic OH excluding ortho intramolecular Hbond substituents is 1. The first-order valence-corrected chi connectivity index (χ1v) is 12.5. The molecule has 2 aliphatic heterocycles. The summed E-state index contributed by atoms with van der Waals surface area (Å²) in [5, 5.41) is 24.8. The fourth-order valence-corrected chi connectivity index (χ4v) is 6.18. The molecule has 1 aromatic rings. The number of phenols is 1. The highest BCUT2D eigenvalue weighted by Gasteiger charge is 2.42. The standard InChI is InChI=1S/C21H29N3O3S3/c1-20(2,18-24-21(3,12-30-18)19(26)27)8-13(10-28)22-9-14-11-29-17(23-14)15-6-4-5-7-16(15)25/h4-7,13-14,22,25,28H,8-12H2,1-3H3,(H,26,27). The second-order valence-corrected chi connectivity index (χ2v) is 10.9. The van der Waals surface area contributed by atoms with Crippen LogP contribution in [0.1, 0.15) is 32.8 Å². The third-order valence-corrected chi connectivity index (χ3v) is 8.56. The van der Waals surface area contributed by atoms with Gasteiger partial charge < -0.3 is 15.5 Å². The molecule has 0 bridgehead atoms. The zero-order valence-electron chi connectivity index (χ0n) is 17.5. The summed E-state index contributed by atoms with van der Waals surface area (Å²) < 4.78 is 0. The van der Waals surface area contributed by atoms with Gasteiger partial charge in [0.05, 0.1) is 11.1 Å². The Kier molecular flexibility index (Phi) is 7.48. The monoisotopic (exact) mass is 467 g/mol. The number of aliphatic imine (C=N–C) groups is 2. The molecule has 0 radical (unpaired) electrons. The smallest absolute Gasteiger partial charge is 0.332 e. The number of carboxylic acids is 1. The molecule has 0 aromatic heterocycles. The molecule has 0 spiro atoms. The first-order chi connectivity index (χ1) is 14.1. The molecule has 164 valence electrons. The Morgan fingerprint density at radius 1 is 1.40 bits per heavy atom. The molecular weight excluding hydrogens is 438 g/mol. The summed E-state index contributed by atoms with van der Waals surface area (Å²) in [4.78, 5) is 20.8. The molecule has 0 saturated carbocycles. The van der Waals surface area contributed by atoms with Gasteiger partial charge in [0.15, 0.2) is 5.54 Å². The predicted octanol–water partition coefficient (Wildman–Crippen LogP) is 3.55. The van der Waals surface area contributed by atoms with Crippen LogP contribution in [-0.2, 0) is 4.79 Å². The lowest BCUT2D eigenvalue weighted by Gasteiger charge is -2.30. The van der Waals surface area contributed by atoms with Gasteiger partial charge in [-0.05, 0) is 25.5 Å². The second kappa shape index (κ2) is 9.54. The van der Waals surface area contributed by atoms with Crippen molar-refractivity contribution in [1.29, 1.82) is 0 Å². The maximum Gasteiger partial charge on any atom is 0.332 e. The molecule has 3 rings (SSSR count). The highest BCUT2D eigenvalue weighted by Crippen LogP contribution is 2.39. The number of nitrogens with one attached hydrogen (secondary N) is 1. The Balaban J connectivity index is 1.59. The normalized spacial score (nSPS) is 25.1. The number of aliphatic carboxylic acids is 1. The first-order valence-electron chi connectivity index (χ1n) is 9.94. The van der Waals surface area contributed by atoms with E-state index in [-0.39, 0.29) is 23.2 Å². The fraction of sp³-hybridized carbons (Fsp3) is 0.571. The Labute approximate surface area is 191 Å². The van der Waals surface area contributed by atoms with Crippen LogP contribution in [0.4, 0.5) is 0 Å². The van der Waals surface area contributed by atoms with Crippen LogP contribution in [0.3, 0.4) is 0 Å². The van der Waals surface area contributed by atoms with Gasteiger partial charge in [-0.3, -0.25) is 9.98 Å². The maximum atomic E-state index is 11.5. The lowest BCUT2D eigenvalue weighted by molar-refractivity contribution is -0.141. The van der Waals surface area contributed by atoms with Crippen molar-refractivity contribution in [3.63, 3.8) is 0 Å². The Hall–Kier alpha value is -1.16. The van der Waals surface area contributed by atoms with Gasteiger partial charge in [-0.15, -0.1) is 23.5 Å². The van der Waals surface area contributed by atoms with Crippen LogP contribution >= 0.6 is 36.2 Å². The van der Waals surface area contributed by atoms with Gasteiger partial charge in [-0.25, -0.2) is 4.79 Å². The average molecular weight is 468 g/mol. The van der Waals surface area contributed by atoms with Crippen LogP contribution in [-0.4, -0.2) is 67.7 Å². The summed E-state index contributed by atoms with van der Waals surface area (Å²) >= 11 is 7.74. The van der Waals surface area contributed by atoms with E-state index in [1.165, 1.54) is 0 Å². The molecule has 0 fully saturated rings. The van der Waals surface area contributed by atoms with E-state index >= 15 is 0 Å². The van der Waals surface area contributed by atoms with Crippen molar-refractivity contribution in [2.24, 2.45) is 15.4 Å². The van der Waals surface area contributed by atoms with Crippen LogP contribution in [0.15, 0.2) is 34.3 Å². The van der Waals surface area contributed by atoms with Crippen LogP contribution in [0.25, 0.3) is 0 Å². The molecule has 3 N–H and O–H groups in total. The Bertz CT molecular complexity index is 859. The number of nitrogens with zero attached hydrogens (tertiary/aromatic N) is 2. The lowest BCUT2D eigenvalue weighted by Crippen LogP contribution is -2.41. The number of hydrogen-bond acceptors (Lipinski definition) is 8. The molecule has 3 unspecified atom stereocenters. The van der Waals surface area contributed by atoms with Gasteiger partial charge in [0.1, 0.15) is 10.8 Å². The summed E-state index contributed by atoms with van der Waals surface area (Å²) in [5.74, 6) is 1.41. The molecule has 0 saturated heterocycles. The van der Waals surface area contributed by atoms with Gasteiger partial charge in [0, 0.05) is 40.8 Å². The number of hydrogen-bond donors (Lipinski definition) is 4. The van der Waals surface area contributed by atoms with Crippen LogP contribution in [0, 0.1) is 5.41 Å². The number of thioether (sulfide) groups is 2. The van der Waals surface area contributed by atoms with Crippen molar-refractivity contribution in [3.8, 4) is 5.75 Å². The minimum atomic E-state index is -1.03. The zero-order valence-corrected chi connectivity index (χ0v) is 20.0. The number of benzene rings is 1. The van der Waals surface area contributed by atoms with Gasteiger partial charge in [0.25, 0.3) is 0 Å². The molecule has 2 aliphatic rings. The van der Waals surface area contributed by atoms with Crippen LogP contribution in [0.5, 0.6) is 5.75 Å². The largest absolute Gasteiger partial charge is 0.507 e. The highest BCUT2D eigenvalue weighted by atomic mass is 32.2. The Morgan fingerprint density at radius 2 is 2.13 bits per heavy atom. The summed E-state index contributed by atoms with van der Waals surface area (Å²) in [6, 6.07) is 7.59. The van der Waals surface area contributed by atoms with E-state index in [1.807, 2.05) is 18.2 Å². The zero-order chi connectivity index (χ0) is 21.9. The average Bonchev–Trinajstić information content (AvgIpc) is 3.33. The predicted molar refractivity (Wildman–Crippen MR) is 131 cm³/mol. The third-order valence-electron chi connectivity index (χ3n) is 5.34. The van der Waals surface area contributed by atoms with E-state index in [4.69, 9.17) is 4.99 Å². The van der Waals surface area contributed by atoms with E-state index in [0.29, 0.717) is 11.5 Å². The van der Waals surface area contributed by atoms with Crippen molar-refractivity contribution in [2.45, 2.75) is 44.8 Å². The molecule has 3 atom stereocenters. The number of thiol groups is 1. The van der Waals surface area contributed by atoms with Crippen LogP contribution < -0.4 is 5.32 Å². The number of rotatable bonds is 9. The van der Waals surface area contributed by atoms with Gasteiger partial charge in [-0.2, -0.15) is 12.6 Å². The van der Waals surface area contributed by atoms with Crippen molar-refractivity contribution in [2.75, 3.05) is 23.8 Å². The van der Waals surface area contributed by atoms with Gasteiger partial charge >= 0.3 is 5.97 Å². The van der Waals surface area contributed by atoms with E-state index in [2.05, 4.69) is 36.8 Å². The summed E-state index contributed by atoms with van der Waals surface area (Å²) in [6.07, 6.45) is 0.813. The van der Waals surface area contributed by atoms with E-state index in [0.717, 1.165) is 34.4 Å². The van der Waals surface area contributed by atoms with E-state index in [9.17, 15) is 15.0 Å². The van der Waals surface area contributed by atoms with E-state index < -0.39 is 11.5 Å². The SMILES string of the molecule is CC(C)(CC(CS)NCC1CSC(c2ccccc2O)=N1)C1=NC(C)(C(=O)O)CS1.